The fourth-order valence-corrected chi connectivity index (χ4v) is 2.58. The first-order chi connectivity index (χ1) is 12.3. The summed E-state index contributed by atoms with van der Waals surface area (Å²) in [6.45, 7) is 3.32. The van der Waals surface area contributed by atoms with Crippen molar-refractivity contribution in [2.75, 3.05) is 6.61 Å². The van der Waals surface area contributed by atoms with Crippen molar-refractivity contribution in [2.24, 2.45) is 0 Å². The number of nitrogens with zero attached hydrogens (tertiary/aromatic N) is 1. The molecule has 0 atom stereocenters. The summed E-state index contributed by atoms with van der Waals surface area (Å²) >= 11 is 0. The molecule has 3 rings (SSSR count). The molecule has 0 spiro atoms. The van der Waals surface area contributed by atoms with Crippen LogP contribution in [0.4, 0.5) is 0 Å². The molecule has 0 aliphatic rings. The van der Waals surface area contributed by atoms with E-state index in [4.69, 9.17) is 4.74 Å². The normalized spacial score (nSPS) is 10.6. The van der Waals surface area contributed by atoms with Crippen molar-refractivity contribution in [2.45, 2.75) is 26.3 Å². The van der Waals surface area contributed by atoms with E-state index in [1.54, 1.807) is 12.3 Å². The third-order valence-corrected chi connectivity index (χ3v) is 3.98. The first kappa shape index (κ1) is 17.0. The molecule has 0 radical (unpaired) electrons. The lowest BCUT2D eigenvalue weighted by Crippen LogP contribution is -2.22. The highest BCUT2D eigenvalue weighted by molar-refractivity contribution is 5.97. The van der Waals surface area contributed by atoms with Crippen LogP contribution in [0.25, 0.3) is 10.9 Å². The molecule has 4 nitrogen and oxygen atoms in total. The van der Waals surface area contributed by atoms with Crippen LogP contribution in [0, 0.1) is 0 Å². The average Bonchev–Trinajstić information content (AvgIpc) is 2.66. The Labute approximate surface area is 147 Å². The van der Waals surface area contributed by atoms with E-state index in [1.165, 1.54) is 0 Å². The standard InChI is InChI=1S/C21H22N2O2/c1-2-3-12-25-19-8-4-6-16(13-19)15-23-21(24)18-9-10-20-17(14-18)7-5-11-22-20/h4-11,13-14H,2-3,12,15H2,1H3,(H,23,24). The summed E-state index contributed by atoms with van der Waals surface area (Å²) < 4.78 is 5.71. The van der Waals surface area contributed by atoms with Crippen LogP contribution >= 0.6 is 0 Å². The number of aromatic nitrogens is 1. The highest BCUT2D eigenvalue weighted by Crippen LogP contribution is 2.15. The Balaban J connectivity index is 1.62. The molecule has 25 heavy (non-hydrogen) atoms. The van der Waals surface area contributed by atoms with Gasteiger partial charge >= 0.3 is 0 Å². The molecule has 4 heteroatoms. The van der Waals surface area contributed by atoms with Gasteiger partial charge < -0.3 is 10.1 Å². The van der Waals surface area contributed by atoms with E-state index in [2.05, 4.69) is 17.2 Å². The van der Waals surface area contributed by atoms with Crippen molar-refractivity contribution in [3.05, 3.63) is 71.9 Å². The summed E-state index contributed by atoms with van der Waals surface area (Å²) in [7, 11) is 0. The average molecular weight is 334 g/mol. The predicted octanol–water partition coefficient (Wildman–Crippen LogP) is 4.34. The molecule has 0 saturated carbocycles. The van der Waals surface area contributed by atoms with E-state index >= 15 is 0 Å². The molecule has 1 N–H and O–H groups in total. The lowest BCUT2D eigenvalue weighted by molar-refractivity contribution is 0.0951. The number of ether oxygens (including phenoxy) is 1. The van der Waals surface area contributed by atoms with Gasteiger partial charge in [-0.3, -0.25) is 9.78 Å². The Hall–Kier alpha value is -2.88. The van der Waals surface area contributed by atoms with Gasteiger partial charge in [-0.2, -0.15) is 0 Å². The maximum absolute atomic E-state index is 12.4. The second-order valence-electron chi connectivity index (χ2n) is 5.94. The quantitative estimate of drug-likeness (QED) is 0.654. The number of pyridine rings is 1. The van der Waals surface area contributed by atoms with E-state index in [9.17, 15) is 4.79 Å². The number of fused-ring (bicyclic) bond motifs is 1. The zero-order valence-electron chi connectivity index (χ0n) is 14.4. The predicted molar refractivity (Wildman–Crippen MR) is 99.8 cm³/mol. The molecule has 1 amide bonds. The van der Waals surface area contributed by atoms with Gasteiger partial charge in [0.15, 0.2) is 0 Å². The molecular weight excluding hydrogens is 312 g/mol. The van der Waals surface area contributed by atoms with Crippen LogP contribution in [0.5, 0.6) is 5.75 Å². The van der Waals surface area contributed by atoms with Crippen LogP contribution in [0.15, 0.2) is 60.8 Å². The summed E-state index contributed by atoms with van der Waals surface area (Å²) in [5, 5.41) is 3.92. The number of unbranched alkanes of at least 4 members (excludes halogenated alkanes) is 1. The van der Waals surface area contributed by atoms with E-state index in [0.29, 0.717) is 12.1 Å². The summed E-state index contributed by atoms with van der Waals surface area (Å²) in [5.74, 6) is 0.750. The van der Waals surface area contributed by atoms with Crippen molar-refractivity contribution < 1.29 is 9.53 Å². The van der Waals surface area contributed by atoms with Gasteiger partial charge in [0.05, 0.1) is 12.1 Å². The van der Waals surface area contributed by atoms with Gasteiger partial charge in [-0.05, 0) is 48.4 Å². The van der Waals surface area contributed by atoms with Crippen molar-refractivity contribution >= 4 is 16.8 Å². The number of carbonyl (C=O) groups excluding carboxylic acids is 1. The molecule has 0 aliphatic carbocycles. The summed E-state index contributed by atoms with van der Waals surface area (Å²) in [6.07, 6.45) is 3.90. The number of rotatable bonds is 7. The molecule has 3 aromatic rings. The lowest BCUT2D eigenvalue weighted by atomic mass is 10.1. The lowest BCUT2D eigenvalue weighted by Gasteiger charge is -2.09. The van der Waals surface area contributed by atoms with Crippen molar-refractivity contribution in [3.8, 4) is 5.75 Å². The van der Waals surface area contributed by atoms with E-state index < -0.39 is 0 Å². The van der Waals surface area contributed by atoms with Gasteiger partial charge in [0.2, 0.25) is 0 Å². The molecule has 0 aliphatic heterocycles. The van der Waals surface area contributed by atoms with Crippen LogP contribution in [-0.4, -0.2) is 17.5 Å². The maximum atomic E-state index is 12.4. The van der Waals surface area contributed by atoms with E-state index in [-0.39, 0.29) is 5.91 Å². The number of nitrogens with one attached hydrogen (secondary N) is 1. The fourth-order valence-electron chi connectivity index (χ4n) is 2.58. The monoisotopic (exact) mass is 334 g/mol. The summed E-state index contributed by atoms with van der Waals surface area (Å²) in [4.78, 5) is 16.7. The number of carbonyl (C=O) groups is 1. The Morgan fingerprint density at radius 1 is 1.12 bits per heavy atom. The van der Waals surface area contributed by atoms with Crippen LogP contribution in [0.3, 0.4) is 0 Å². The number of hydrogen-bond donors (Lipinski definition) is 1. The number of hydrogen-bond acceptors (Lipinski definition) is 3. The molecule has 1 heterocycles. The first-order valence-electron chi connectivity index (χ1n) is 8.61. The second kappa shape index (κ2) is 8.29. The summed E-state index contributed by atoms with van der Waals surface area (Å²) in [5.41, 5.74) is 2.54. The van der Waals surface area contributed by atoms with Crippen LogP contribution in [0.1, 0.15) is 35.7 Å². The molecule has 0 bridgehead atoms. The Bertz CT molecular complexity index is 861. The Morgan fingerprint density at radius 2 is 2.04 bits per heavy atom. The van der Waals surface area contributed by atoms with Crippen molar-refractivity contribution in [1.29, 1.82) is 0 Å². The van der Waals surface area contributed by atoms with Gasteiger partial charge in [-0.15, -0.1) is 0 Å². The molecule has 0 saturated heterocycles. The molecule has 0 fully saturated rings. The van der Waals surface area contributed by atoms with Crippen LogP contribution in [-0.2, 0) is 6.54 Å². The first-order valence-corrected chi connectivity index (χ1v) is 8.61. The number of benzene rings is 2. The van der Waals surface area contributed by atoms with Gasteiger partial charge in [-0.25, -0.2) is 0 Å². The molecule has 2 aromatic carbocycles. The summed E-state index contributed by atoms with van der Waals surface area (Å²) in [6, 6.07) is 17.2. The maximum Gasteiger partial charge on any atom is 0.251 e. The smallest absolute Gasteiger partial charge is 0.251 e. The zero-order chi connectivity index (χ0) is 17.5. The fraction of sp³-hybridized carbons (Fsp3) is 0.238. The van der Waals surface area contributed by atoms with E-state index in [1.807, 2.05) is 48.5 Å². The minimum absolute atomic E-state index is 0.0944. The van der Waals surface area contributed by atoms with Gasteiger partial charge in [-0.1, -0.05) is 31.5 Å². The van der Waals surface area contributed by atoms with Crippen molar-refractivity contribution in [3.63, 3.8) is 0 Å². The van der Waals surface area contributed by atoms with Crippen LogP contribution < -0.4 is 10.1 Å². The highest BCUT2D eigenvalue weighted by Gasteiger charge is 2.07. The molecule has 1 aromatic heterocycles. The molecular formula is C21H22N2O2. The molecule has 128 valence electrons. The van der Waals surface area contributed by atoms with Gasteiger partial charge in [0, 0.05) is 23.7 Å². The second-order valence-corrected chi connectivity index (χ2v) is 5.94. The topological polar surface area (TPSA) is 51.2 Å². The minimum Gasteiger partial charge on any atom is -0.494 e. The Kier molecular flexibility index (Phi) is 5.62. The number of amides is 1. The van der Waals surface area contributed by atoms with Gasteiger partial charge in [0.25, 0.3) is 5.91 Å². The van der Waals surface area contributed by atoms with Crippen molar-refractivity contribution in [1.82, 2.24) is 10.3 Å². The van der Waals surface area contributed by atoms with Gasteiger partial charge in [0.1, 0.15) is 5.75 Å². The third kappa shape index (κ3) is 4.57. The van der Waals surface area contributed by atoms with Crippen LogP contribution in [0.2, 0.25) is 0 Å². The Morgan fingerprint density at radius 3 is 2.92 bits per heavy atom. The largest absolute Gasteiger partial charge is 0.494 e. The van der Waals surface area contributed by atoms with E-state index in [0.717, 1.165) is 41.7 Å². The SMILES string of the molecule is CCCCOc1cccc(CNC(=O)c2ccc3ncccc3c2)c1. The third-order valence-electron chi connectivity index (χ3n) is 3.98. The highest BCUT2D eigenvalue weighted by atomic mass is 16.5. The zero-order valence-corrected chi connectivity index (χ0v) is 14.4. The minimum atomic E-state index is -0.0944. The molecule has 0 unspecified atom stereocenters.